The van der Waals surface area contributed by atoms with E-state index in [0.29, 0.717) is 59.6 Å². The average molecular weight is 856 g/mol. The Morgan fingerprint density at radius 1 is 0.875 bits per heavy atom. The zero-order valence-electron chi connectivity index (χ0n) is 30.9. The molecule has 1 N–H and O–H groups in total. The highest BCUT2D eigenvalue weighted by Gasteiger charge is 2.45. The van der Waals surface area contributed by atoms with E-state index in [1.165, 1.54) is 18.2 Å². The number of allylic oxidation sites excluding steroid dienone is 6. The first-order valence-corrected chi connectivity index (χ1v) is 22.8. The van der Waals surface area contributed by atoms with Crippen LogP contribution in [0.3, 0.4) is 0 Å². The lowest BCUT2D eigenvalue weighted by Crippen LogP contribution is -2.30. The van der Waals surface area contributed by atoms with Crippen LogP contribution in [0.25, 0.3) is 0 Å². The van der Waals surface area contributed by atoms with E-state index in [1.807, 2.05) is 37.8 Å². The Kier molecular flexibility index (Phi) is 14.9. The van der Waals surface area contributed by atoms with Crippen LogP contribution in [0.1, 0.15) is 76.8 Å². The first-order chi connectivity index (χ1) is 26.1. The van der Waals surface area contributed by atoms with Crippen LogP contribution in [0.5, 0.6) is 0 Å². The molecule has 2 heterocycles. The van der Waals surface area contributed by atoms with Crippen LogP contribution in [0.2, 0.25) is 0 Å². The predicted molar refractivity (Wildman–Crippen MR) is 202 cm³/mol. The van der Waals surface area contributed by atoms with Crippen LogP contribution in [0.15, 0.2) is 82.3 Å². The molecule has 56 heavy (non-hydrogen) atoms. The molecule has 1 unspecified atom stereocenters. The molecule has 2 aromatic carbocycles. The van der Waals surface area contributed by atoms with E-state index in [1.54, 1.807) is 41.0 Å². The van der Waals surface area contributed by atoms with Crippen LogP contribution >= 0.6 is 12.0 Å². The van der Waals surface area contributed by atoms with Crippen LogP contribution in [-0.2, 0) is 55.4 Å². The van der Waals surface area contributed by atoms with Crippen molar-refractivity contribution in [2.45, 2.75) is 86.3 Å². The fourth-order valence-electron chi connectivity index (χ4n) is 7.28. The number of rotatable bonds is 21. The third-order valence-corrected chi connectivity index (χ3v) is 12.8. The van der Waals surface area contributed by atoms with Gasteiger partial charge in [0.2, 0.25) is 5.69 Å². The number of aliphatic carboxylic acids is 1. The maximum atomic E-state index is 11.9. The summed E-state index contributed by atoms with van der Waals surface area (Å²) in [4.78, 5) is 13.2. The second kappa shape index (κ2) is 18.4. The molecule has 1 atom stereocenters. The lowest BCUT2D eigenvalue weighted by molar-refractivity contribution is -0.777. The summed E-state index contributed by atoms with van der Waals surface area (Å²) in [6.45, 7) is 5.91. The first-order valence-electron chi connectivity index (χ1n) is 17.5. The number of hydrogen-bond acceptors (Lipinski definition) is 15. The van der Waals surface area contributed by atoms with Crippen molar-refractivity contribution < 1.29 is 68.0 Å². The minimum absolute atomic E-state index is 0.0164. The van der Waals surface area contributed by atoms with Crippen LogP contribution < -0.4 is 10.2 Å². The van der Waals surface area contributed by atoms with Crippen molar-refractivity contribution in [2.75, 3.05) is 29.5 Å². The van der Waals surface area contributed by atoms with Gasteiger partial charge in [0.25, 0.3) is 0 Å². The summed E-state index contributed by atoms with van der Waals surface area (Å²) in [5.74, 6) is -2.10. The number of anilines is 1. The van der Waals surface area contributed by atoms with Gasteiger partial charge in [-0.05, 0) is 82.0 Å². The van der Waals surface area contributed by atoms with Gasteiger partial charge in [0.05, 0.1) is 42.6 Å². The molecule has 0 spiro atoms. The second-order valence-corrected chi connectivity index (χ2v) is 19.4. The van der Waals surface area contributed by atoms with Crippen molar-refractivity contribution in [3.63, 3.8) is 0 Å². The number of nitrogens with zero attached hydrogens (tertiary/aromatic N) is 2. The number of unbranched alkanes of at least 4 members (excludes halogenated alkanes) is 2. The number of fused-ring (bicyclic) bond motifs is 2. The van der Waals surface area contributed by atoms with Crippen molar-refractivity contribution in [1.82, 2.24) is 0 Å². The smallest absolute Gasteiger partial charge is 0.303 e. The van der Waals surface area contributed by atoms with Gasteiger partial charge in [0.15, 0.2) is 5.71 Å². The van der Waals surface area contributed by atoms with Gasteiger partial charge < -0.3 is 28.9 Å². The van der Waals surface area contributed by atoms with E-state index in [-0.39, 0.29) is 32.4 Å². The maximum Gasteiger partial charge on any atom is 0.303 e. The molecule has 0 fully saturated rings. The third-order valence-electron chi connectivity index (χ3n) is 9.87. The summed E-state index contributed by atoms with van der Waals surface area (Å²) in [7, 11) is -13.8. The topological polar surface area (TPSA) is 257 Å². The Hall–Kier alpha value is -3.44. The van der Waals surface area contributed by atoms with Gasteiger partial charge in [-0.2, -0.15) is 8.91 Å². The Balaban J connectivity index is 1.75. The van der Waals surface area contributed by atoms with Gasteiger partial charge in [-0.15, -0.1) is 0 Å². The number of hydrogen-bond donors (Lipinski definition) is 1. The number of benzene rings is 2. The summed E-state index contributed by atoms with van der Waals surface area (Å²) in [6.07, 6.45) is 11.1. The highest BCUT2D eigenvalue weighted by atomic mass is 32.2. The van der Waals surface area contributed by atoms with E-state index in [4.69, 9.17) is 5.11 Å². The molecule has 0 radical (unpaired) electrons. The molecule has 0 saturated carbocycles. The quantitative estimate of drug-likeness (QED) is 0.0355. The number of carboxylic acid groups (broad SMARTS) is 1. The van der Waals surface area contributed by atoms with Crippen molar-refractivity contribution in [3.8, 4) is 0 Å². The van der Waals surface area contributed by atoms with E-state index in [2.05, 4.69) is 9.37 Å². The number of carboxylic acids is 1. The second-order valence-electron chi connectivity index (χ2n) is 14.2. The standard InChI is InChI=1S/C36H46N2O14S4/c1-35(2)28-25-27(56(48,49)50)16-18-30(28)37(20-10-22-54(42,43)44)32(35)12-6-4-7-13-33-36(3,19-9-5-8-14-34(39)40)29-24-26(53-52-51-41)15-17-31(29)38(33)21-11-23-55(45,46)47/h4,6-7,12-13,15-18,24-25H,5,8-11,14,19-23H2,1-3H3,(H4-,39,40,41,42,43,44,45,46,47,48,49,50)/p-3. The van der Waals surface area contributed by atoms with Crippen LogP contribution in [-0.4, -0.2) is 84.9 Å². The molecule has 2 aliphatic rings. The SMILES string of the molecule is CC1(C)C(/C=C/C=C/C=C2\N(CCCS(=O)(=O)[O-])c3ccc(SOO[O-])cc3C2(C)CCCCCC(=O)O)=[N+](CCCS(=O)(=O)[O-])c2ccc(S(=O)(=O)[O-])cc21. The van der Waals surface area contributed by atoms with Gasteiger partial charge in [-0.25, -0.2) is 25.3 Å². The molecule has 0 saturated heterocycles. The Bertz CT molecular complexity index is 2250. The average Bonchev–Trinajstić information content (AvgIpc) is 3.44. The summed E-state index contributed by atoms with van der Waals surface area (Å²) in [6, 6.07) is 9.27. The molecule has 4 rings (SSSR count). The Morgan fingerprint density at radius 3 is 2.21 bits per heavy atom. The largest absolute Gasteiger partial charge is 0.748 e. The zero-order chi connectivity index (χ0) is 41.5. The molecule has 2 aromatic rings. The van der Waals surface area contributed by atoms with E-state index < -0.39 is 63.6 Å². The van der Waals surface area contributed by atoms with Crippen molar-refractivity contribution >= 4 is 65.5 Å². The predicted octanol–water partition coefficient (Wildman–Crippen LogP) is 3.88. The van der Waals surface area contributed by atoms with Gasteiger partial charge in [-0.1, -0.05) is 31.1 Å². The summed E-state index contributed by atoms with van der Waals surface area (Å²) in [5, 5.41) is 23.2. The lowest BCUT2D eigenvalue weighted by atomic mass is 9.77. The fraction of sp³-hybridized carbons (Fsp3) is 0.444. The van der Waals surface area contributed by atoms with E-state index in [0.717, 1.165) is 16.9 Å². The highest BCUT2D eigenvalue weighted by Crippen LogP contribution is 2.52. The minimum atomic E-state index is -4.78. The monoisotopic (exact) mass is 855 g/mol. The maximum absolute atomic E-state index is 11.9. The molecule has 308 valence electrons. The van der Waals surface area contributed by atoms with Crippen molar-refractivity contribution in [3.05, 3.63) is 83.6 Å². The van der Waals surface area contributed by atoms with Gasteiger partial charge in [0, 0.05) is 70.3 Å². The lowest BCUT2D eigenvalue weighted by Gasteiger charge is -2.30. The minimum Gasteiger partial charge on any atom is -0.748 e. The van der Waals surface area contributed by atoms with Crippen LogP contribution in [0.4, 0.5) is 11.4 Å². The van der Waals surface area contributed by atoms with Crippen LogP contribution in [0, 0.1) is 0 Å². The molecule has 16 nitrogen and oxygen atoms in total. The molecular formula is C36H43N2O14S4-3. The fourth-order valence-corrected chi connectivity index (χ4v) is 9.14. The van der Waals surface area contributed by atoms with Gasteiger partial charge in [-0.3, -0.25) is 9.83 Å². The Labute approximate surface area is 331 Å². The van der Waals surface area contributed by atoms with Gasteiger partial charge in [0.1, 0.15) is 16.7 Å². The molecule has 0 bridgehead atoms. The third kappa shape index (κ3) is 11.6. The van der Waals surface area contributed by atoms with E-state index >= 15 is 0 Å². The van der Waals surface area contributed by atoms with Gasteiger partial charge >= 0.3 is 5.97 Å². The molecule has 0 amide bonds. The summed E-state index contributed by atoms with van der Waals surface area (Å²) in [5.41, 5.74) is 2.48. The van der Waals surface area contributed by atoms with Crippen molar-refractivity contribution in [2.24, 2.45) is 0 Å². The number of carbonyl (C=O) groups is 1. The summed E-state index contributed by atoms with van der Waals surface area (Å²) >= 11 is 0.707. The van der Waals surface area contributed by atoms with Crippen molar-refractivity contribution in [1.29, 1.82) is 0 Å². The van der Waals surface area contributed by atoms with E-state index in [9.17, 15) is 49.0 Å². The molecule has 0 aliphatic carbocycles. The summed E-state index contributed by atoms with van der Waals surface area (Å²) < 4.78 is 111. The normalized spacial score (nSPS) is 19.1. The molecule has 20 heteroatoms. The molecule has 0 aromatic heterocycles. The molecular weight excluding hydrogens is 813 g/mol. The first kappa shape index (κ1) is 45.3. The molecule has 2 aliphatic heterocycles. The Morgan fingerprint density at radius 2 is 1.57 bits per heavy atom. The zero-order valence-corrected chi connectivity index (χ0v) is 34.2. The highest BCUT2D eigenvalue weighted by molar-refractivity contribution is 7.94.